The maximum absolute atomic E-state index is 12.4. The highest BCUT2D eigenvalue weighted by atomic mass is 35.5. The van der Waals surface area contributed by atoms with E-state index in [2.05, 4.69) is 34.3 Å². The lowest BCUT2D eigenvalue weighted by Crippen LogP contribution is -2.41. The van der Waals surface area contributed by atoms with Crippen molar-refractivity contribution < 1.29 is 4.79 Å². The number of anilines is 1. The number of halogens is 1. The molecular weight excluding hydrogens is 400 g/mol. The molecule has 2 aromatic heterocycles. The third-order valence-corrected chi connectivity index (χ3v) is 5.81. The van der Waals surface area contributed by atoms with Gasteiger partial charge in [0.1, 0.15) is 5.82 Å². The third kappa shape index (κ3) is 4.56. The zero-order valence-corrected chi connectivity index (χ0v) is 18.1. The average molecular weight is 427 g/mol. The highest BCUT2D eigenvalue weighted by Crippen LogP contribution is 2.24. The summed E-state index contributed by atoms with van der Waals surface area (Å²) in [6.07, 6.45) is 2.68. The predicted molar refractivity (Wildman–Crippen MR) is 119 cm³/mol. The van der Waals surface area contributed by atoms with Crippen LogP contribution in [0.4, 0.5) is 5.82 Å². The number of rotatable bonds is 6. The highest BCUT2D eigenvalue weighted by Gasteiger charge is 2.26. The van der Waals surface area contributed by atoms with Crippen LogP contribution in [-0.4, -0.2) is 45.4 Å². The van der Waals surface area contributed by atoms with Crippen LogP contribution >= 0.6 is 11.6 Å². The monoisotopic (exact) mass is 426 g/mol. The first-order valence-corrected chi connectivity index (χ1v) is 10.9. The van der Waals surface area contributed by atoms with Gasteiger partial charge in [0, 0.05) is 36.1 Å². The second-order valence-corrected chi connectivity index (χ2v) is 8.66. The van der Waals surface area contributed by atoms with Crippen molar-refractivity contribution in [3.8, 4) is 11.4 Å². The lowest BCUT2D eigenvalue weighted by Gasteiger charge is -2.32. The molecule has 1 N–H and O–H groups in total. The van der Waals surface area contributed by atoms with E-state index in [1.165, 1.54) is 0 Å². The summed E-state index contributed by atoms with van der Waals surface area (Å²) in [5.41, 5.74) is 1.61. The Kier molecular flexibility index (Phi) is 6.18. The van der Waals surface area contributed by atoms with Crippen LogP contribution in [0, 0.1) is 11.8 Å². The molecule has 3 aromatic rings. The first kappa shape index (κ1) is 20.6. The number of benzene rings is 1. The molecule has 0 spiro atoms. The van der Waals surface area contributed by atoms with Gasteiger partial charge in [-0.2, -0.15) is 4.52 Å². The molecule has 8 heteroatoms. The molecule has 3 heterocycles. The van der Waals surface area contributed by atoms with Crippen molar-refractivity contribution in [2.45, 2.75) is 33.1 Å². The summed E-state index contributed by atoms with van der Waals surface area (Å²) in [5, 5.41) is 17.1. The fourth-order valence-electron chi connectivity index (χ4n) is 3.73. The first-order valence-electron chi connectivity index (χ1n) is 10.5. The number of nitrogens with zero attached hydrogens (tertiary/aromatic N) is 5. The van der Waals surface area contributed by atoms with Crippen LogP contribution in [0.25, 0.3) is 17.0 Å². The van der Waals surface area contributed by atoms with E-state index in [1.54, 1.807) is 4.52 Å². The summed E-state index contributed by atoms with van der Waals surface area (Å²) < 4.78 is 1.77. The van der Waals surface area contributed by atoms with Crippen molar-refractivity contribution in [3.05, 3.63) is 41.4 Å². The van der Waals surface area contributed by atoms with Gasteiger partial charge < -0.3 is 10.2 Å². The minimum atomic E-state index is 0.0803. The maximum Gasteiger partial charge on any atom is 0.223 e. The Morgan fingerprint density at radius 3 is 2.57 bits per heavy atom. The van der Waals surface area contributed by atoms with E-state index < -0.39 is 0 Å². The second kappa shape index (κ2) is 9.00. The van der Waals surface area contributed by atoms with E-state index in [-0.39, 0.29) is 11.8 Å². The first-order chi connectivity index (χ1) is 14.5. The zero-order valence-electron chi connectivity index (χ0n) is 17.4. The third-order valence-electron chi connectivity index (χ3n) is 5.56. The molecule has 30 heavy (non-hydrogen) atoms. The lowest BCUT2D eigenvalue weighted by atomic mass is 9.96. The van der Waals surface area contributed by atoms with E-state index in [0.29, 0.717) is 22.4 Å². The Labute approximate surface area is 181 Å². The number of amides is 1. The van der Waals surface area contributed by atoms with Gasteiger partial charge in [0.15, 0.2) is 11.5 Å². The minimum absolute atomic E-state index is 0.0803. The van der Waals surface area contributed by atoms with Crippen LogP contribution in [0.1, 0.15) is 33.1 Å². The smallest absolute Gasteiger partial charge is 0.223 e. The number of hydrogen-bond acceptors (Lipinski definition) is 5. The Morgan fingerprint density at radius 1 is 1.13 bits per heavy atom. The molecule has 0 saturated carbocycles. The number of piperidine rings is 1. The maximum atomic E-state index is 12.4. The summed E-state index contributed by atoms with van der Waals surface area (Å²) in [4.78, 5) is 14.6. The zero-order chi connectivity index (χ0) is 21.1. The quantitative estimate of drug-likeness (QED) is 0.648. The van der Waals surface area contributed by atoms with Crippen molar-refractivity contribution in [3.63, 3.8) is 0 Å². The van der Waals surface area contributed by atoms with Crippen LogP contribution in [0.5, 0.6) is 0 Å². The van der Waals surface area contributed by atoms with E-state index >= 15 is 0 Å². The Bertz CT molecular complexity index is 1010. The van der Waals surface area contributed by atoms with Crippen LogP contribution in [0.15, 0.2) is 36.4 Å². The van der Waals surface area contributed by atoms with Crippen LogP contribution in [0.3, 0.4) is 0 Å². The van der Waals surface area contributed by atoms with Gasteiger partial charge >= 0.3 is 0 Å². The number of fused-ring (bicyclic) bond motifs is 1. The minimum Gasteiger partial charge on any atom is -0.356 e. The molecule has 1 aliphatic heterocycles. The Morgan fingerprint density at radius 2 is 1.87 bits per heavy atom. The molecule has 0 atom stereocenters. The highest BCUT2D eigenvalue weighted by molar-refractivity contribution is 6.30. The second-order valence-electron chi connectivity index (χ2n) is 8.23. The summed E-state index contributed by atoms with van der Waals surface area (Å²) in [6.45, 7) is 6.71. The number of carbonyl (C=O) groups is 1. The topological polar surface area (TPSA) is 75.4 Å². The molecule has 0 unspecified atom stereocenters. The lowest BCUT2D eigenvalue weighted by molar-refractivity contribution is -0.125. The standard InChI is InChI=1S/C22H27ClN6O/c1-15(2)9-12-24-22(30)17-10-13-28(14-11-17)20-8-7-19-25-26-21(29(19)27-20)16-3-5-18(23)6-4-16/h3-8,15,17H,9-14H2,1-2H3,(H,24,30). The molecule has 158 valence electrons. The summed E-state index contributed by atoms with van der Waals surface area (Å²) in [5.74, 6) is 2.42. The molecule has 1 fully saturated rings. The Balaban J connectivity index is 1.44. The van der Waals surface area contributed by atoms with Crippen LogP contribution in [-0.2, 0) is 4.79 Å². The van der Waals surface area contributed by atoms with Crippen molar-refractivity contribution in [1.29, 1.82) is 0 Å². The summed E-state index contributed by atoms with van der Waals surface area (Å²) in [6, 6.07) is 11.4. The SMILES string of the molecule is CC(C)CCNC(=O)C1CCN(c2ccc3nnc(-c4ccc(Cl)cc4)n3n2)CC1. The molecule has 1 amide bonds. The summed E-state index contributed by atoms with van der Waals surface area (Å²) in [7, 11) is 0. The van der Waals surface area contributed by atoms with E-state index in [4.69, 9.17) is 16.7 Å². The number of carbonyl (C=O) groups excluding carboxylic acids is 1. The van der Waals surface area contributed by atoms with Crippen molar-refractivity contribution in [1.82, 2.24) is 25.1 Å². The molecule has 0 bridgehead atoms. The number of aromatic nitrogens is 4. The van der Waals surface area contributed by atoms with E-state index in [0.717, 1.165) is 50.3 Å². The molecular formula is C22H27ClN6O. The van der Waals surface area contributed by atoms with Gasteiger partial charge in [-0.1, -0.05) is 25.4 Å². The molecule has 4 rings (SSSR count). The number of nitrogens with one attached hydrogen (secondary N) is 1. The fourth-order valence-corrected chi connectivity index (χ4v) is 3.85. The molecule has 7 nitrogen and oxygen atoms in total. The molecule has 0 radical (unpaired) electrons. The predicted octanol–water partition coefficient (Wildman–Crippen LogP) is 3.82. The fraction of sp³-hybridized carbons (Fsp3) is 0.455. The molecule has 0 aliphatic carbocycles. The molecule has 1 saturated heterocycles. The van der Waals surface area contributed by atoms with Gasteiger partial charge in [-0.05, 0) is 61.6 Å². The van der Waals surface area contributed by atoms with Gasteiger partial charge in [0.2, 0.25) is 5.91 Å². The molecule has 1 aromatic carbocycles. The Hall–Kier alpha value is -2.67. The number of hydrogen-bond donors (Lipinski definition) is 1. The van der Waals surface area contributed by atoms with Gasteiger partial charge in [-0.25, -0.2) is 0 Å². The molecule has 1 aliphatic rings. The van der Waals surface area contributed by atoms with Gasteiger partial charge in [0.25, 0.3) is 0 Å². The van der Waals surface area contributed by atoms with Crippen LogP contribution < -0.4 is 10.2 Å². The van der Waals surface area contributed by atoms with Gasteiger partial charge in [-0.3, -0.25) is 4.79 Å². The van der Waals surface area contributed by atoms with Crippen molar-refractivity contribution >= 4 is 29.0 Å². The van der Waals surface area contributed by atoms with E-state index in [1.807, 2.05) is 36.4 Å². The van der Waals surface area contributed by atoms with Crippen molar-refractivity contribution in [2.75, 3.05) is 24.5 Å². The summed E-state index contributed by atoms with van der Waals surface area (Å²) >= 11 is 6.00. The average Bonchev–Trinajstić information content (AvgIpc) is 3.17. The van der Waals surface area contributed by atoms with Gasteiger partial charge in [-0.15, -0.1) is 15.3 Å². The van der Waals surface area contributed by atoms with Crippen LogP contribution in [0.2, 0.25) is 5.02 Å². The normalized spacial score (nSPS) is 15.1. The van der Waals surface area contributed by atoms with E-state index in [9.17, 15) is 4.79 Å². The largest absolute Gasteiger partial charge is 0.356 e. The van der Waals surface area contributed by atoms with Crippen molar-refractivity contribution in [2.24, 2.45) is 11.8 Å². The van der Waals surface area contributed by atoms with Gasteiger partial charge in [0.05, 0.1) is 0 Å².